The lowest BCUT2D eigenvalue weighted by Crippen LogP contribution is -2.10. The molecule has 1 aromatic carbocycles. The summed E-state index contributed by atoms with van der Waals surface area (Å²) < 4.78 is 5.49. The summed E-state index contributed by atoms with van der Waals surface area (Å²) in [5.41, 5.74) is 3.13. The van der Waals surface area contributed by atoms with Crippen LogP contribution in [0.3, 0.4) is 0 Å². The molecular weight excluding hydrogens is 388 g/mol. The number of rotatable bonds is 9. The van der Waals surface area contributed by atoms with E-state index in [1.165, 1.54) is 31.4 Å². The van der Waals surface area contributed by atoms with Crippen molar-refractivity contribution in [2.75, 3.05) is 24.3 Å². The second kappa shape index (κ2) is 9.93. The fourth-order valence-corrected chi connectivity index (χ4v) is 3.77. The normalized spacial score (nSPS) is 14.4. The van der Waals surface area contributed by atoms with Crippen LogP contribution in [-0.2, 0) is 4.74 Å². The van der Waals surface area contributed by atoms with Gasteiger partial charge in [-0.05, 0) is 36.1 Å². The minimum absolute atomic E-state index is 0.444. The maximum Gasteiger partial charge on any atom is 0.224 e. The van der Waals surface area contributed by atoms with E-state index < -0.39 is 0 Å². The van der Waals surface area contributed by atoms with Crippen molar-refractivity contribution in [1.82, 2.24) is 20.2 Å². The molecule has 0 spiro atoms. The molecule has 2 heterocycles. The first-order valence-corrected chi connectivity index (χ1v) is 10.6. The summed E-state index contributed by atoms with van der Waals surface area (Å²) in [6.07, 6.45) is 8.68. The van der Waals surface area contributed by atoms with Crippen LogP contribution in [0.4, 0.5) is 17.6 Å². The third-order valence-corrected chi connectivity index (χ3v) is 5.47. The zero-order valence-electron chi connectivity index (χ0n) is 17.8. The van der Waals surface area contributed by atoms with E-state index in [-0.39, 0.29) is 0 Å². The number of aromatic nitrogens is 4. The summed E-state index contributed by atoms with van der Waals surface area (Å²) in [6.45, 7) is 4.57. The Balaban J connectivity index is 1.36. The van der Waals surface area contributed by atoms with Gasteiger partial charge in [-0.2, -0.15) is 10.1 Å². The third kappa shape index (κ3) is 5.51. The highest BCUT2D eigenvalue weighted by molar-refractivity contribution is 5.72. The standard InChI is InChI=1S/C24H28N6O/c1-17(18-8-4-3-5-9-18)14-20(31-2)16-26-24-25-13-12-22(28-24)27-23-15-21(29-30-23)19-10-6-7-11-19/h3-5,8-9,12-15,19H,1,6-7,10-11,16H2,2H3,(H3,25,26,27,28,29,30)/b20-14-. The van der Waals surface area contributed by atoms with E-state index in [4.69, 9.17) is 4.74 Å². The SMILES string of the molecule is C=C(/C=C(/CNc1nccc(Nc2cc(C3CCCC3)[nH]n2)n1)OC)c1ccccc1. The molecule has 1 aliphatic rings. The number of ether oxygens (including phenoxy) is 1. The fourth-order valence-electron chi connectivity index (χ4n) is 3.77. The number of allylic oxidation sites excluding steroid dienone is 2. The lowest BCUT2D eigenvalue weighted by atomic mass is 10.0. The van der Waals surface area contributed by atoms with Crippen LogP contribution in [0.1, 0.15) is 42.9 Å². The van der Waals surface area contributed by atoms with Crippen molar-refractivity contribution in [2.24, 2.45) is 0 Å². The highest BCUT2D eigenvalue weighted by atomic mass is 16.5. The zero-order valence-corrected chi connectivity index (χ0v) is 17.8. The number of aromatic amines is 1. The number of benzene rings is 1. The Kier molecular flexibility index (Phi) is 6.62. The van der Waals surface area contributed by atoms with Gasteiger partial charge in [-0.3, -0.25) is 5.10 Å². The number of hydrogen-bond donors (Lipinski definition) is 3. The van der Waals surface area contributed by atoms with Crippen molar-refractivity contribution in [2.45, 2.75) is 31.6 Å². The number of methoxy groups -OCH3 is 1. The Morgan fingerprint density at radius 3 is 2.77 bits per heavy atom. The second-order valence-electron chi connectivity index (χ2n) is 7.64. The smallest absolute Gasteiger partial charge is 0.224 e. The van der Waals surface area contributed by atoms with Crippen molar-refractivity contribution in [3.8, 4) is 0 Å². The Labute approximate surface area is 182 Å². The predicted octanol–water partition coefficient (Wildman–Crippen LogP) is 5.26. The van der Waals surface area contributed by atoms with Gasteiger partial charge in [0, 0.05) is 23.9 Å². The van der Waals surface area contributed by atoms with E-state index in [9.17, 15) is 0 Å². The first-order valence-electron chi connectivity index (χ1n) is 10.6. The average Bonchev–Trinajstić information content (AvgIpc) is 3.49. The summed E-state index contributed by atoms with van der Waals surface area (Å²) in [4.78, 5) is 8.82. The van der Waals surface area contributed by atoms with Crippen LogP contribution in [0.2, 0.25) is 0 Å². The van der Waals surface area contributed by atoms with E-state index >= 15 is 0 Å². The molecule has 0 saturated heterocycles. The van der Waals surface area contributed by atoms with E-state index in [2.05, 4.69) is 43.4 Å². The van der Waals surface area contributed by atoms with Gasteiger partial charge >= 0.3 is 0 Å². The van der Waals surface area contributed by atoms with Crippen molar-refractivity contribution in [3.05, 3.63) is 78.3 Å². The summed E-state index contributed by atoms with van der Waals surface area (Å²) in [7, 11) is 1.64. The molecule has 7 heteroatoms. The number of H-pyrrole nitrogens is 1. The number of nitrogens with zero attached hydrogens (tertiary/aromatic N) is 3. The molecule has 1 aliphatic carbocycles. The Bertz CT molecular complexity index is 1040. The third-order valence-electron chi connectivity index (χ3n) is 5.47. The van der Waals surface area contributed by atoms with Crippen LogP contribution in [0.15, 0.2) is 67.1 Å². The van der Waals surface area contributed by atoms with Crippen LogP contribution in [0.5, 0.6) is 0 Å². The Morgan fingerprint density at radius 2 is 2.00 bits per heavy atom. The summed E-state index contributed by atoms with van der Waals surface area (Å²) >= 11 is 0. The van der Waals surface area contributed by atoms with Crippen molar-refractivity contribution < 1.29 is 4.74 Å². The quantitative estimate of drug-likeness (QED) is 0.326. The fraction of sp³-hybridized carbons (Fsp3) is 0.292. The van der Waals surface area contributed by atoms with E-state index in [1.807, 2.05) is 42.5 Å². The lowest BCUT2D eigenvalue weighted by Gasteiger charge is -2.10. The van der Waals surface area contributed by atoms with Gasteiger partial charge in [0.05, 0.1) is 13.7 Å². The monoisotopic (exact) mass is 416 g/mol. The van der Waals surface area contributed by atoms with E-state index in [0.29, 0.717) is 24.2 Å². The van der Waals surface area contributed by atoms with Gasteiger partial charge in [0.2, 0.25) is 5.95 Å². The molecule has 31 heavy (non-hydrogen) atoms. The summed E-state index contributed by atoms with van der Waals surface area (Å²) in [5, 5.41) is 14.0. The molecule has 0 radical (unpaired) electrons. The molecule has 3 N–H and O–H groups in total. The largest absolute Gasteiger partial charge is 0.499 e. The van der Waals surface area contributed by atoms with Gasteiger partial charge in [-0.25, -0.2) is 4.98 Å². The van der Waals surface area contributed by atoms with Crippen molar-refractivity contribution in [3.63, 3.8) is 0 Å². The van der Waals surface area contributed by atoms with Crippen LogP contribution < -0.4 is 10.6 Å². The van der Waals surface area contributed by atoms with Gasteiger partial charge in [0.15, 0.2) is 5.82 Å². The Morgan fingerprint density at radius 1 is 1.19 bits per heavy atom. The summed E-state index contributed by atoms with van der Waals surface area (Å²) in [5.74, 6) is 3.28. The van der Waals surface area contributed by atoms with Gasteiger partial charge in [-0.15, -0.1) is 0 Å². The topological polar surface area (TPSA) is 87.8 Å². The molecule has 1 fully saturated rings. The van der Waals surface area contributed by atoms with Crippen molar-refractivity contribution in [1.29, 1.82) is 0 Å². The molecule has 4 rings (SSSR count). The molecule has 160 valence electrons. The first-order chi connectivity index (χ1) is 15.2. The molecule has 0 amide bonds. The van der Waals surface area contributed by atoms with Crippen LogP contribution >= 0.6 is 0 Å². The number of hydrogen-bond acceptors (Lipinski definition) is 6. The number of nitrogens with one attached hydrogen (secondary N) is 3. The molecule has 3 aromatic rings. The molecule has 0 atom stereocenters. The van der Waals surface area contributed by atoms with Crippen LogP contribution in [0.25, 0.3) is 5.57 Å². The maximum absolute atomic E-state index is 5.49. The van der Waals surface area contributed by atoms with E-state index in [1.54, 1.807) is 13.3 Å². The maximum atomic E-state index is 5.49. The predicted molar refractivity (Wildman–Crippen MR) is 124 cm³/mol. The number of anilines is 3. The molecule has 2 aromatic heterocycles. The van der Waals surface area contributed by atoms with Gasteiger partial charge in [0.1, 0.15) is 11.6 Å². The van der Waals surface area contributed by atoms with Gasteiger partial charge in [0.25, 0.3) is 0 Å². The highest BCUT2D eigenvalue weighted by Crippen LogP contribution is 2.33. The second-order valence-corrected chi connectivity index (χ2v) is 7.64. The van der Waals surface area contributed by atoms with Gasteiger partial charge in [-0.1, -0.05) is 49.8 Å². The van der Waals surface area contributed by atoms with Gasteiger partial charge < -0.3 is 15.4 Å². The molecule has 0 unspecified atom stereocenters. The molecule has 0 bridgehead atoms. The average molecular weight is 417 g/mol. The molecule has 0 aliphatic heterocycles. The van der Waals surface area contributed by atoms with E-state index in [0.717, 1.165) is 22.7 Å². The minimum Gasteiger partial charge on any atom is -0.499 e. The minimum atomic E-state index is 0.444. The van der Waals surface area contributed by atoms with Crippen LogP contribution in [-0.4, -0.2) is 33.8 Å². The molecular formula is C24H28N6O. The lowest BCUT2D eigenvalue weighted by molar-refractivity contribution is 0.290. The highest BCUT2D eigenvalue weighted by Gasteiger charge is 2.19. The first kappa shape index (κ1) is 20.7. The molecule has 1 saturated carbocycles. The van der Waals surface area contributed by atoms with Crippen LogP contribution in [0, 0.1) is 0 Å². The summed E-state index contributed by atoms with van der Waals surface area (Å²) in [6, 6.07) is 13.9. The molecule has 7 nitrogen and oxygen atoms in total. The van der Waals surface area contributed by atoms with Crippen molar-refractivity contribution >= 4 is 23.2 Å². The Hall–Kier alpha value is -3.61. The zero-order chi connectivity index (χ0) is 21.5.